The first-order valence-electron chi connectivity index (χ1n) is 11.1. The summed E-state index contributed by atoms with van der Waals surface area (Å²) in [6.07, 6.45) is 6.28. The largest absolute Gasteiger partial charge is 0.305 e. The van der Waals surface area contributed by atoms with E-state index in [9.17, 15) is 4.79 Å². The van der Waals surface area contributed by atoms with E-state index in [1.54, 1.807) is 16.8 Å². The molecule has 3 heterocycles. The van der Waals surface area contributed by atoms with E-state index in [0.29, 0.717) is 39.8 Å². The molecule has 0 aliphatic heterocycles. The molecule has 9 heteroatoms. The molecule has 33 heavy (non-hydrogen) atoms. The van der Waals surface area contributed by atoms with Crippen molar-refractivity contribution in [3.63, 3.8) is 0 Å². The topological polar surface area (TPSA) is 77.6 Å². The third-order valence-electron chi connectivity index (χ3n) is 6.26. The van der Waals surface area contributed by atoms with Gasteiger partial charge in [0.25, 0.3) is 5.91 Å². The van der Waals surface area contributed by atoms with Crippen LogP contribution in [0.3, 0.4) is 0 Å². The van der Waals surface area contributed by atoms with Gasteiger partial charge in [0, 0.05) is 36.8 Å². The predicted octanol–water partition coefficient (Wildman–Crippen LogP) is 5.53. The van der Waals surface area contributed by atoms with Crippen LogP contribution in [0.1, 0.15) is 64.8 Å². The average molecular weight is 481 g/mol. The summed E-state index contributed by atoms with van der Waals surface area (Å²) in [5, 5.41) is 14.1. The molecule has 0 unspecified atom stereocenters. The summed E-state index contributed by atoms with van der Waals surface area (Å²) in [4.78, 5) is 18.3. The van der Waals surface area contributed by atoms with Gasteiger partial charge in [-0.3, -0.25) is 14.2 Å². The summed E-state index contributed by atoms with van der Waals surface area (Å²) >= 11 is 12.1. The summed E-state index contributed by atoms with van der Waals surface area (Å²) < 4.78 is 3.57. The van der Waals surface area contributed by atoms with E-state index in [-0.39, 0.29) is 5.91 Å². The van der Waals surface area contributed by atoms with E-state index in [4.69, 9.17) is 33.3 Å². The van der Waals surface area contributed by atoms with Gasteiger partial charge in [-0.05, 0) is 49.4 Å². The van der Waals surface area contributed by atoms with E-state index < -0.39 is 0 Å². The minimum Gasteiger partial charge on any atom is -0.305 e. The van der Waals surface area contributed by atoms with Gasteiger partial charge in [0.2, 0.25) is 0 Å². The second-order valence-electron chi connectivity index (χ2n) is 8.95. The van der Waals surface area contributed by atoms with E-state index in [1.807, 2.05) is 36.1 Å². The van der Waals surface area contributed by atoms with E-state index in [2.05, 4.69) is 10.4 Å². The number of carbonyl (C=O) groups is 1. The highest BCUT2D eigenvalue weighted by atomic mass is 35.5. The van der Waals surface area contributed by atoms with Crippen molar-refractivity contribution in [2.45, 2.75) is 44.1 Å². The molecular formula is C24H22Cl2N6O. The van der Waals surface area contributed by atoms with Crippen LogP contribution in [0.15, 0.2) is 36.5 Å². The maximum atomic E-state index is 13.4. The first-order valence-corrected chi connectivity index (χ1v) is 11.9. The molecule has 2 aliphatic rings. The van der Waals surface area contributed by atoms with Crippen LogP contribution >= 0.6 is 23.2 Å². The lowest BCUT2D eigenvalue weighted by Gasteiger charge is -2.08. The highest BCUT2D eigenvalue weighted by molar-refractivity contribution is 6.42. The molecule has 2 aliphatic carbocycles. The van der Waals surface area contributed by atoms with Crippen LogP contribution in [0, 0.1) is 0 Å². The Morgan fingerprint density at radius 2 is 1.85 bits per heavy atom. The first kappa shape index (κ1) is 20.7. The van der Waals surface area contributed by atoms with Crippen LogP contribution < -0.4 is 5.32 Å². The molecule has 1 aromatic carbocycles. The Hall–Kier alpha value is -2.90. The van der Waals surface area contributed by atoms with Gasteiger partial charge in [-0.2, -0.15) is 10.2 Å². The molecule has 168 valence electrons. The van der Waals surface area contributed by atoms with Crippen LogP contribution in [0.2, 0.25) is 10.0 Å². The summed E-state index contributed by atoms with van der Waals surface area (Å²) in [7, 11) is 1.91. The van der Waals surface area contributed by atoms with Crippen LogP contribution in [0.5, 0.6) is 0 Å². The molecule has 4 aromatic rings. The van der Waals surface area contributed by atoms with Crippen molar-refractivity contribution in [3.05, 3.63) is 69.1 Å². The second-order valence-corrected chi connectivity index (χ2v) is 9.77. The lowest BCUT2D eigenvalue weighted by molar-refractivity contribution is 0.102. The number of benzene rings is 1. The van der Waals surface area contributed by atoms with Gasteiger partial charge in [-0.15, -0.1) is 0 Å². The zero-order valence-corrected chi connectivity index (χ0v) is 19.6. The molecular weight excluding hydrogens is 459 g/mol. The predicted molar refractivity (Wildman–Crippen MR) is 128 cm³/mol. The van der Waals surface area contributed by atoms with Crippen LogP contribution in [-0.4, -0.2) is 30.5 Å². The third-order valence-corrected chi connectivity index (χ3v) is 6.99. The van der Waals surface area contributed by atoms with Crippen LogP contribution in [0.25, 0.3) is 11.0 Å². The van der Waals surface area contributed by atoms with Gasteiger partial charge in [-0.25, -0.2) is 4.98 Å². The molecule has 0 radical (unpaired) electrons. The number of anilines is 1. The van der Waals surface area contributed by atoms with Gasteiger partial charge >= 0.3 is 0 Å². The number of pyridine rings is 1. The standard InChI is InChI=1S/C24H22Cl2N6O/c1-31-23-21(22(30-31)15-5-6-15)16(11-19(27-23)14-3-4-14)24(33)28-20-8-9-32(29-20)12-13-2-7-17(25)18(26)10-13/h2,7-11,14-15H,3-6,12H2,1H3,(H,28,29,33). The zero-order valence-electron chi connectivity index (χ0n) is 18.1. The first-order chi connectivity index (χ1) is 16.0. The number of rotatable bonds is 6. The van der Waals surface area contributed by atoms with Crippen molar-refractivity contribution in [2.75, 3.05) is 5.32 Å². The summed E-state index contributed by atoms with van der Waals surface area (Å²) in [6, 6.07) is 9.24. The summed E-state index contributed by atoms with van der Waals surface area (Å²) in [5.74, 6) is 1.17. The van der Waals surface area contributed by atoms with Gasteiger partial charge in [0.05, 0.1) is 33.2 Å². The van der Waals surface area contributed by atoms with Gasteiger partial charge in [0.1, 0.15) is 0 Å². The number of fused-ring (bicyclic) bond motifs is 1. The third kappa shape index (κ3) is 4.00. The number of hydrogen-bond donors (Lipinski definition) is 1. The lowest BCUT2D eigenvalue weighted by Crippen LogP contribution is -2.14. The van der Waals surface area contributed by atoms with Gasteiger partial charge < -0.3 is 5.32 Å². The maximum absolute atomic E-state index is 13.4. The maximum Gasteiger partial charge on any atom is 0.257 e. The monoisotopic (exact) mass is 480 g/mol. The number of nitrogens with zero attached hydrogens (tertiary/aromatic N) is 5. The highest BCUT2D eigenvalue weighted by Crippen LogP contribution is 2.45. The number of halogens is 2. The highest BCUT2D eigenvalue weighted by Gasteiger charge is 2.33. The second kappa shape index (κ2) is 7.85. The normalized spacial score (nSPS) is 15.8. The Morgan fingerprint density at radius 1 is 1.06 bits per heavy atom. The number of carbonyl (C=O) groups excluding carboxylic acids is 1. The fourth-order valence-electron chi connectivity index (χ4n) is 4.23. The molecule has 3 aromatic heterocycles. The quantitative estimate of drug-likeness (QED) is 0.393. The Labute approximate surface area is 200 Å². The van der Waals surface area contributed by atoms with Gasteiger partial charge in [-0.1, -0.05) is 29.3 Å². The molecule has 0 atom stereocenters. The Morgan fingerprint density at radius 3 is 2.58 bits per heavy atom. The molecule has 2 fully saturated rings. The molecule has 2 saturated carbocycles. The number of nitrogens with one attached hydrogen (secondary N) is 1. The minimum atomic E-state index is -0.181. The summed E-state index contributed by atoms with van der Waals surface area (Å²) in [6.45, 7) is 0.520. The Balaban J connectivity index is 1.29. The van der Waals surface area contributed by atoms with Crippen LogP contribution in [-0.2, 0) is 13.6 Å². The van der Waals surface area contributed by atoms with Crippen molar-refractivity contribution in [1.82, 2.24) is 24.5 Å². The van der Waals surface area contributed by atoms with Crippen molar-refractivity contribution in [1.29, 1.82) is 0 Å². The Bertz CT molecular complexity index is 1400. The van der Waals surface area contributed by atoms with E-state index in [0.717, 1.165) is 53.7 Å². The minimum absolute atomic E-state index is 0.181. The summed E-state index contributed by atoms with van der Waals surface area (Å²) in [5.41, 5.74) is 4.35. The molecule has 7 nitrogen and oxygen atoms in total. The van der Waals surface area contributed by atoms with Crippen LogP contribution in [0.4, 0.5) is 5.82 Å². The molecule has 0 bridgehead atoms. The average Bonchev–Trinajstić information content (AvgIpc) is 3.72. The fourth-order valence-corrected chi connectivity index (χ4v) is 4.55. The lowest BCUT2D eigenvalue weighted by atomic mass is 10.0. The van der Waals surface area contributed by atoms with E-state index >= 15 is 0 Å². The molecule has 1 amide bonds. The van der Waals surface area contributed by atoms with Crippen molar-refractivity contribution in [3.8, 4) is 0 Å². The number of aryl methyl sites for hydroxylation is 1. The molecule has 0 spiro atoms. The van der Waals surface area contributed by atoms with E-state index in [1.165, 1.54) is 0 Å². The van der Waals surface area contributed by atoms with Crippen molar-refractivity contribution >= 4 is 46.0 Å². The smallest absolute Gasteiger partial charge is 0.257 e. The Kier molecular flexibility index (Phi) is 4.92. The molecule has 1 N–H and O–H groups in total. The number of amides is 1. The van der Waals surface area contributed by atoms with Gasteiger partial charge in [0.15, 0.2) is 11.5 Å². The zero-order chi connectivity index (χ0) is 22.7. The number of hydrogen-bond acceptors (Lipinski definition) is 4. The van der Waals surface area contributed by atoms with Crippen molar-refractivity contribution < 1.29 is 4.79 Å². The molecule has 0 saturated heterocycles. The van der Waals surface area contributed by atoms with Crippen molar-refractivity contribution in [2.24, 2.45) is 7.05 Å². The molecule has 6 rings (SSSR count). The SMILES string of the molecule is Cn1nc(C2CC2)c2c(C(=O)Nc3ccn(Cc4ccc(Cl)c(Cl)c4)n3)cc(C3CC3)nc21. The number of aromatic nitrogens is 5. The fraction of sp³-hybridized carbons (Fsp3) is 0.333.